The van der Waals surface area contributed by atoms with Crippen molar-refractivity contribution in [3.63, 3.8) is 0 Å². The Morgan fingerprint density at radius 2 is 1.70 bits per heavy atom. The lowest BCUT2D eigenvalue weighted by Gasteiger charge is -2.31. The summed E-state index contributed by atoms with van der Waals surface area (Å²) in [7, 11) is 0. The Labute approximate surface area is 174 Å². The minimum absolute atomic E-state index is 0.0132. The normalized spacial score (nSPS) is 14.7. The van der Waals surface area contributed by atoms with Crippen LogP contribution in [0.25, 0.3) is 22.3 Å². The van der Waals surface area contributed by atoms with E-state index in [1.165, 1.54) is 0 Å². The summed E-state index contributed by atoms with van der Waals surface area (Å²) in [5.74, 6) is 1.34. The second kappa shape index (κ2) is 7.94. The summed E-state index contributed by atoms with van der Waals surface area (Å²) in [4.78, 5) is 22.4. The van der Waals surface area contributed by atoms with Crippen molar-refractivity contribution < 1.29 is 4.79 Å². The number of nitrogens with zero attached hydrogens (tertiary/aromatic N) is 4. The SMILES string of the molecule is O=C(Nc1nc2ccccc2[nH]1)C1CCN(c2ccc(-c3ccccc3)nn2)CC1. The molecule has 1 saturated heterocycles. The number of piperidine rings is 1. The molecule has 0 bridgehead atoms. The molecule has 3 heterocycles. The first-order chi connectivity index (χ1) is 14.8. The Morgan fingerprint density at radius 3 is 2.43 bits per heavy atom. The molecular weight excluding hydrogens is 376 g/mol. The first-order valence-corrected chi connectivity index (χ1v) is 10.2. The number of benzene rings is 2. The van der Waals surface area contributed by atoms with E-state index in [4.69, 9.17) is 0 Å². The average molecular weight is 398 g/mol. The molecule has 1 aliphatic rings. The highest BCUT2D eigenvalue weighted by Gasteiger charge is 2.26. The van der Waals surface area contributed by atoms with Gasteiger partial charge in [-0.3, -0.25) is 10.1 Å². The number of para-hydroxylation sites is 2. The van der Waals surface area contributed by atoms with E-state index in [1.807, 2.05) is 66.7 Å². The van der Waals surface area contributed by atoms with Gasteiger partial charge in [-0.1, -0.05) is 42.5 Å². The van der Waals surface area contributed by atoms with Gasteiger partial charge in [-0.2, -0.15) is 0 Å². The Morgan fingerprint density at radius 1 is 0.933 bits per heavy atom. The summed E-state index contributed by atoms with van der Waals surface area (Å²) in [6.07, 6.45) is 1.54. The zero-order valence-electron chi connectivity index (χ0n) is 16.5. The number of imidazole rings is 1. The summed E-state index contributed by atoms with van der Waals surface area (Å²) in [5.41, 5.74) is 3.68. The van der Waals surface area contributed by atoms with Crippen molar-refractivity contribution in [1.82, 2.24) is 20.2 Å². The Hall–Kier alpha value is -3.74. The van der Waals surface area contributed by atoms with E-state index in [-0.39, 0.29) is 11.8 Å². The number of H-pyrrole nitrogens is 1. The van der Waals surface area contributed by atoms with Gasteiger partial charge in [0.05, 0.1) is 16.7 Å². The Bertz CT molecular complexity index is 1110. The molecule has 0 unspecified atom stereocenters. The van der Waals surface area contributed by atoms with Gasteiger partial charge < -0.3 is 9.88 Å². The summed E-state index contributed by atoms with van der Waals surface area (Å²) >= 11 is 0. The fraction of sp³-hybridized carbons (Fsp3) is 0.217. The molecule has 1 amide bonds. The van der Waals surface area contributed by atoms with E-state index in [1.54, 1.807) is 0 Å². The highest BCUT2D eigenvalue weighted by molar-refractivity contribution is 5.92. The van der Waals surface area contributed by atoms with Crippen LogP contribution < -0.4 is 10.2 Å². The van der Waals surface area contributed by atoms with Gasteiger partial charge in [0, 0.05) is 24.6 Å². The van der Waals surface area contributed by atoms with Crippen molar-refractivity contribution >= 4 is 28.7 Å². The van der Waals surface area contributed by atoms with E-state index in [9.17, 15) is 4.79 Å². The molecule has 30 heavy (non-hydrogen) atoms. The molecule has 150 valence electrons. The lowest BCUT2D eigenvalue weighted by molar-refractivity contribution is -0.120. The number of carbonyl (C=O) groups excluding carboxylic acids is 1. The number of hydrogen-bond donors (Lipinski definition) is 2. The highest BCUT2D eigenvalue weighted by atomic mass is 16.2. The van der Waals surface area contributed by atoms with Crippen LogP contribution in [0.1, 0.15) is 12.8 Å². The number of aromatic amines is 1. The standard InChI is InChI=1S/C23H22N6O/c30-22(26-23-24-19-8-4-5-9-20(19)25-23)17-12-14-29(15-13-17)21-11-10-18(27-28-21)16-6-2-1-3-7-16/h1-11,17H,12-15H2,(H2,24,25,26,30). The van der Waals surface area contributed by atoms with Crippen LogP contribution in [-0.2, 0) is 4.79 Å². The van der Waals surface area contributed by atoms with Crippen LogP contribution in [0.4, 0.5) is 11.8 Å². The molecule has 4 aromatic rings. The molecule has 0 saturated carbocycles. The van der Waals surface area contributed by atoms with E-state index < -0.39 is 0 Å². The second-order valence-corrected chi connectivity index (χ2v) is 7.50. The topological polar surface area (TPSA) is 86.8 Å². The predicted octanol–water partition coefficient (Wildman–Crippen LogP) is 3.88. The first-order valence-electron chi connectivity index (χ1n) is 10.2. The summed E-state index contributed by atoms with van der Waals surface area (Å²) in [6.45, 7) is 1.55. The van der Waals surface area contributed by atoms with Crippen molar-refractivity contribution in [3.05, 3.63) is 66.7 Å². The molecule has 7 nitrogen and oxygen atoms in total. The summed E-state index contributed by atoms with van der Waals surface area (Å²) < 4.78 is 0. The zero-order chi connectivity index (χ0) is 20.3. The van der Waals surface area contributed by atoms with Crippen LogP contribution in [0, 0.1) is 5.92 Å². The molecule has 7 heteroatoms. The number of nitrogens with one attached hydrogen (secondary N) is 2. The maximum absolute atomic E-state index is 12.7. The van der Waals surface area contributed by atoms with Gasteiger partial charge in [0.15, 0.2) is 5.82 Å². The van der Waals surface area contributed by atoms with Crippen LogP contribution in [-0.4, -0.2) is 39.2 Å². The molecule has 0 spiro atoms. The molecule has 0 aliphatic carbocycles. The number of hydrogen-bond acceptors (Lipinski definition) is 5. The van der Waals surface area contributed by atoms with E-state index >= 15 is 0 Å². The monoisotopic (exact) mass is 398 g/mol. The van der Waals surface area contributed by atoms with Crippen LogP contribution in [0.2, 0.25) is 0 Å². The lowest BCUT2D eigenvalue weighted by Crippen LogP contribution is -2.38. The van der Waals surface area contributed by atoms with Crippen LogP contribution in [0.15, 0.2) is 66.7 Å². The third-order valence-electron chi connectivity index (χ3n) is 5.54. The number of amides is 1. The molecule has 0 radical (unpaired) electrons. The van der Waals surface area contributed by atoms with Crippen molar-refractivity contribution in [1.29, 1.82) is 0 Å². The van der Waals surface area contributed by atoms with Gasteiger partial charge >= 0.3 is 0 Å². The van der Waals surface area contributed by atoms with Gasteiger partial charge in [0.1, 0.15) is 0 Å². The minimum Gasteiger partial charge on any atom is -0.355 e. The molecule has 0 atom stereocenters. The van der Waals surface area contributed by atoms with Gasteiger partial charge in [0.2, 0.25) is 11.9 Å². The van der Waals surface area contributed by atoms with Crippen LogP contribution >= 0.6 is 0 Å². The Balaban J connectivity index is 1.19. The quantitative estimate of drug-likeness (QED) is 0.545. The fourth-order valence-electron chi connectivity index (χ4n) is 3.86. The number of anilines is 2. The molecule has 2 aromatic carbocycles. The molecule has 1 aliphatic heterocycles. The number of fused-ring (bicyclic) bond motifs is 1. The van der Waals surface area contributed by atoms with Gasteiger partial charge in [0.25, 0.3) is 0 Å². The van der Waals surface area contributed by atoms with E-state index in [0.29, 0.717) is 5.95 Å². The molecule has 5 rings (SSSR count). The van der Waals surface area contributed by atoms with E-state index in [0.717, 1.165) is 54.0 Å². The zero-order valence-corrected chi connectivity index (χ0v) is 16.5. The fourth-order valence-corrected chi connectivity index (χ4v) is 3.86. The minimum atomic E-state index is -0.0361. The van der Waals surface area contributed by atoms with Crippen LogP contribution in [0.5, 0.6) is 0 Å². The average Bonchev–Trinajstić information content (AvgIpc) is 3.22. The highest BCUT2D eigenvalue weighted by Crippen LogP contribution is 2.24. The van der Waals surface area contributed by atoms with Crippen molar-refractivity contribution in [3.8, 4) is 11.3 Å². The van der Waals surface area contributed by atoms with Gasteiger partial charge in [-0.15, -0.1) is 10.2 Å². The largest absolute Gasteiger partial charge is 0.355 e. The number of aromatic nitrogens is 4. The lowest BCUT2D eigenvalue weighted by atomic mass is 9.96. The van der Waals surface area contributed by atoms with Crippen molar-refractivity contribution in [2.24, 2.45) is 5.92 Å². The van der Waals surface area contributed by atoms with Gasteiger partial charge in [-0.05, 0) is 37.1 Å². The maximum Gasteiger partial charge on any atom is 0.229 e. The summed E-state index contributed by atoms with van der Waals surface area (Å²) in [5, 5.41) is 11.7. The third kappa shape index (κ3) is 3.74. The molecular formula is C23H22N6O. The van der Waals surface area contributed by atoms with Crippen molar-refractivity contribution in [2.75, 3.05) is 23.3 Å². The number of carbonyl (C=O) groups is 1. The smallest absolute Gasteiger partial charge is 0.229 e. The Kier molecular flexibility index (Phi) is 4.85. The second-order valence-electron chi connectivity index (χ2n) is 7.50. The molecule has 1 fully saturated rings. The van der Waals surface area contributed by atoms with Crippen LogP contribution in [0.3, 0.4) is 0 Å². The molecule has 2 N–H and O–H groups in total. The number of rotatable bonds is 4. The summed E-state index contributed by atoms with van der Waals surface area (Å²) in [6, 6.07) is 21.8. The van der Waals surface area contributed by atoms with Gasteiger partial charge in [-0.25, -0.2) is 4.98 Å². The molecule has 2 aromatic heterocycles. The third-order valence-corrected chi connectivity index (χ3v) is 5.54. The predicted molar refractivity (Wildman–Crippen MR) is 117 cm³/mol. The first kappa shape index (κ1) is 18.3. The maximum atomic E-state index is 12.7. The van der Waals surface area contributed by atoms with Crippen molar-refractivity contribution in [2.45, 2.75) is 12.8 Å². The van der Waals surface area contributed by atoms with E-state index in [2.05, 4.69) is 30.4 Å².